The highest BCUT2D eigenvalue weighted by atomic mass is 32.1. The summed E-state index contributed by atoms with van der Waals surface area (Å²) in [7, 11) is 0. The van der Waals surface area contributed by atoms with Gasteiger partial charge < -0.3 is 14.2 Å². The van der Waals surface area contributed by atoms with Gasteiger partial charge in [-0.2, -0.15) is 0 Å². The average Bonchev–Trinajstić information content (AvgIpc) is 3.17. The van der Waals surface area contributed by atoms with Gasteiger partial charge in [-0.15, -0.1) is 0 Å². The standard InChI is InChI=1S/C28H24N2O7S/c1-5-14-35-27(34)24-16(2)29-28-30(25(24)19-10-12-21(13-11-19)36-17(3)31)26(33)23(38-28)15-20-8-6-7-9-22(20)37-18(4)32/h5-13,15,25H,1,14H2,2-4H3/b23-15+/t25-/m1/s1. The summed E-state index contributed by atoms with van der Waals surface area (Å²) in [6.45, 7) is 7.84. The number of aromatic nitrogens is 1. The van der Waals surface area contributed by atoms with Crippen molar-refractivity contribution in [2.24, 2.45) is 4.99 Å². The molecule has 2 aromatic carbocycles. The number of hydrogen-bond acceptors (Lipinski definition) is 9. The van der Waals surface area contributed by atoms with Gasteiger partial charge in [0.2, 0.25) is 0 Å². The zero-order valence-electron chi connectivity index (χ0n) is 20.9. The van der Waals surface area contributed by atoms with Crippen LogP contribution in [-0.2, 0) is 19.1 Å². The number of rotatable bonds is 7. The Labute approximate surface area is 221 Å². The lowest BCUT2D eigenvalue weighted by Crippen LogP contribution is -2.39. The van der Waals surface area contributed by atoms with Crippen LogP contribution in [-0.4, -0.2) is 29.1 Å². The summed E-state index contributed by atoms with van der Waals surface area (Å²) in [6, 6.07) is 12.5. The van der Waals surface area contributed by atoms with E-state index in [9.17, 15) is 19.2 Å². The number of nitrogens with zero attached hydrogens (tertiary/aromatic N) is 2. The van der Waals surface area contributed by atoms with Gasteiger partial charge in [0.05, 0.1) is 21.8 Å². The molecule has 0 amide bonds. The maximum atomic E-state index is 13.8. The Kier molecular flexibility index (Phi) is 7.82. The zero-order valence-corrected chi connectivity index (χ0v) is 21.7. The number of benzene rings is 2. The number of thiazole rings is 1. The zero-order chi connectivity index (χ0) is 27.4. The van der Waals surface area contributed by atoms with Crippen LogP contribution in [0.1, 0.15) is 37.9 Å². The summed E-state index contributed by atoms with van der Waals surface area (Å²) in [5, 5.41) is 0. The minimum atomic E-state index is -0.846. The second kappa shape index (κ2) is 11.2. The molecule has 0 radical (unpaired) electrons. The Morgan fingerprint density at radius 2 is 1.74 bits per heavy atom. The third-order valence-corrected chi connectivity index (χ3v) is 6.47. The Bertz CT molecular complexity index is 1650. The first kappa shape index (κ1) is 26.5. The van der Waals surface area contributed by atoms with Crippen molar-refractivity contribution in [2.45, 2.75) is 26.8 Å². The maximum Gasteiger partial charge on any atom is 0.338 e. The smallest absolute Gasteiger partial charge is 0.338 e. The van der Waals surface area contributed by atoms with E-state index < -0.39 is 23.9 Å². The number of hydrogen-bond donors (Lipinski definition) is 0. The molecule has 1 aromatic heterocycles. The van der Waals surface area contributed by atoms with Crippen LogP contribution >= 0.6 is 11.3 Å². The van der Waals surface area contributed by atoms with Gasteiger partial charge in [-0.25, -0.2) is 9.79 Å². The molecular weight excluding hydrogens is 508 g/mol. The summed E-state index contributed by atoms with van der Waals surface area (Å²) >= 11 is 1.15. The number of para-hydroxylation sites is 1. The minimum absolute atomic E-state index is 0.00885. The SMILES string of the molecule is C=CCOC(=O)C1=C(C)N=c2s/c(=C/c3ccccc3OC(C)=O)c(=O)n2[C@@H]1c1ccc(OC(C)=O)cc1. The summed E-state index contributed by atoms with van der Waals surface area (Å²) in [5.41, 5.74) is 1.35. The summed E-state index contributed by atoms with van der Waals surface area (Å²) in [5.74, 6) is -0.942. The normalized spacial score (nSPS) is 14.8. The van der Waals surface area contributed by atoms with Crippen LogP contribution in [0, 0.1) is 0 Å². The highest BCUT2D eigenvalue weighted by molar-refractivity contribution is 7.07. The van der Waals surface area contributed by atoms with Crippen LogP contribution in [0.25, 0.3) is 6.08 Å². The molecule has 3 aromatic rings. The summed E-state index contributed by atoms with van der Waals surface area (Å²) in [6.07, 6.45) is 3.07. The number of allylic oxidation sites excluding steroid dienone is 1. The second-order valence-electron chi connectivity index (χ2n) is 8.26. The Balaban J connectivity index is 1.90. The molecule has 0 N–H and O–H groups in total. The molecule has 1 aliphatic rings. The van der Waals surface area contributed by atoms with Crippen LogP contribution < -0.4 is 24.4 Å². The first-order chi connectivity index (χ1) is 18.2. The van der Waals surface area contributed by atoms with E-state index in [0.717, 1.165) is 11.3 Å². The Morgan fingerprint density at radius 3 is 2.39 bits per heavy atom. The number of carbonyl (C=O) groups is 3. The van der Waals surface area contributed by atoms with Crippen molar-refractivity contribution in [1.29, 1.82) is 0 Å². The van der Waals surface area contributed by atoms with Gasteiger partial charge in [0.15, 0.2) is 4.80 Å². The number of esters is 3. The van der Waals surface area contributed by atoms with Crippen molar-refractivity contribution < 1.29 is 28.6 Å². The van der Waals surface area contributed by atoms with Gasteiger partial charge in [-0.3, -0.25) is 19.0 Å². The lowest BCUT2D eigenvalue weighted by molar-refractivity contribution is -0.138. The average molecular weight is 533 g/mol. The van der Waals surface area contributed by atoms with Crippen molar-refractivity contribution in [3.05, 3.63) is 103 Å². The molecule has 0 spiro atoms. The highest BCUT2D eigenvalue weighted by Gasteiger charge is 2.33. The van der Waals surface area contributed by atoms with E-state index >= 15 is 0 Å². The predicted molar refractivity (Wildman–Crippen MR) is 140 cm³/mol. The van der Waals surface area contributed by atoms with Crippen LogP contribution in [0.5, 0.6) is 11.5 Å². The monoisotopic (exact) mass is 532 g/mol. The van der Waals surface area contributed by atoms with E-state index in [-0.39, 0.29) is 17.7 Å². The van der Waals surface area contributed by atoms with Crippen molar-refractivity contribution in [3.8, 4) is 11.5 Å². The molecule has 10 heteroatoms. The lowest BCUT2D eigenvalue weighted by atomic mass is 9.96. The molecule has 1 atom stereocenters. The fourth-order valence-corrected chi connectivity index (χ4v) is 5.02. The molecule has 0 unspecified atom stereocenters. The first-order valence-electron chi connectivity index (χ1n) is 11.6. The minimum Gasteiger partial charge on any atom is -0.458 e. The van der Waals surface area contributed by atoms with Crippen molar-refractivity contribution in [3.63, 3.8) is 0 Å². The topological polar surface area (TPSA) is 113 Å². The van der Waals surface area contributed by atoms with E-state index in [0.29, 0.717) is 37.7 Å². The molecule has 0 saturated heterocycles. The lowest BCUT2D eigenvalue weighted by Gasteiger charge is -2.24. The number of carbonyl (C=O) groups excluding carboxylic acids is 3. The first-order valence-corrected chi connectivity index (χ1v) is 12.4. The molecule has 1 aliphatic heterocycles. The molecule has 2 heterocycles. The Morgan fingerprint density at radius 1 is 1.05 bits per heavy atom. The third-order valence-electron chi connectivity index (χ3n) is 5.49. The van der Waals surface area contributed by atoms with E-state index in [1.807, 2.05) is 0 Å². The van der Waals surface area contributed by atoms with Gasteiger partial charge in [0.1, 0.15) is 18.1 Å². The largest absolute Gasteiger partial charge is 0.458 e. The van der Waals surface area contributed by atoms with Crippen molar-refractivity contribution in [1.82, 2.24) is 4.57 Å². The van der Waals surface area contributed by atoms with E-state index in [1.165, 1.54) is 24.5 Å². The van der Waals surface area contributed by atoms with Gasteiger partial charge >= 0.3 is 17.9 Å². The quantitative estimate of drug-likeness (QED) is 0.261. The highest BCUT2D eigenvalue weighted by Crippen LogP contribution is 2.31. The van der Waals surface area contributed by atoms with E-state index in [2.05, 4.69) is 11.6 Å². The van der Waals surface area contributed by atoms with Crippen LogP contribution in [0.3, 0.4) is 0 Å². The predicted octanol–water partition coefficient (Wildman–Crippen LogP) is 2.82. The fraction of sp³-hybridized carbons (Fsp3) is 0.179. The molecule has 0 bridgehead atoms. The van der Waals surface area contributed by atoms with Gasteiger partial charge in [-0.05, 0) is 36.8 Å². The second-order valence-corrected chi connectivity index (χ2v) is 9.27. The van der Waals surface area contributed by atoms with Gasteiger partial charge in [0, 0.05) is 19.4 Å². The van der Waals surface area contributed by atoms with Gasteiger partial charge in [0.25, 0.3) is 5.56 Å². The fourth-order valence-electron chi connectivity index (χ4n) is 3.98. The summed E-state index contributed by atoms with van der Waals surface area (Å²) in [4.78, 5) is 54.7. The van der Waals surface area contributed by atoms with Gasteiger partial charge in [-0.1, -0.05) is 54.3 Å². The molecule has 0 saturated carbocycles. The van der Waals surface area contributed by atoms with Crippen LogP contribution in [0.4, 0.5) is 0 Å². The molecule has 0 aliphatic carbocycles. The molecular formula is C28H24N2O7S. The molecule has 0 fully saturated rings. The summed E-state index contributed by atoms with van der Waals surface area (Å²) < 4.78 is 17.5. The van der Waals surface area contributed by atoms with Crippen LogP contribution in [0.15, 0.2) is 82.2 Å². The maximum absolute atomic E-state index is 13.8. The van der Waals surface area contributed by atoms with Crippen LogP contribution in [0.2, 0.25) is 0 Å². The molecule has 9 nitrogen and oxygen atoms in total. The molecule has 38 heavy (non-hydrogen) atoms. The molecule has 194 valence electrons. The van der Waals surface area contributed by atoms with E-state index in [1.54, 1.807) is 61.5 Å². The van der Waals surface area contributed by atoms with E-state index in [4.69, 9.17) is 14.2 Å². The van der Waals surface area contributed by atoms with Crippen molar-refractivity contribution >= 4 is 35.3 Å². The number of ether oxygens (including phenoxy) is 3. The van der Waals surface area contributed by atoms with Crippen molar-refractivity contribution in [2.75, 3.05) is 6.61 Å². The third kappa shape index (κ3) is 5.55. The Hall–Kier alpha value is -4.57. The number of fused-ring (bicyclic) bond motifs is 1. The molecule has 4 rings (SSSR count).